The highest BCUT2D eigenvalue weighted by Gasteiger charge is 2.21. The molecule has 0 bridgehead atoms. The summed E-state index contributed by atoms with van der Waals surface area (Å²) in [6.07, 6.45) is 1.99. The number of benzene rings is 1. The van der Waals surface area contributed by atoms with Gasteiger partial charge in [0.25, 0.3) is 0 Å². The Morgan fingerprint density at radius 1 is 1.37 bits per heavy atom. The molecular weight excluding hydrogens is 236 g/mol. The molecule has 0 aliphatic carbocycles. The Labute approximate surface area is 116 Å². The van der Waals surface area contributed by atoms with Gasteiger partial charge in [0.15, 0.2) is 0 Å². The molecule has 3 heteroatoms. The van der Waals surface area contributed by atoms with Crippen LogP contribution in [0.4, 0.5) is 0 Å². The maximum atomic E-state index is 8.75. The second-order valence-corrected chi connectivity index (χ2v) is 5.47. The van der Waals surface area contributed by atoms with E-state index in [0.717, 1.165) is 39.0 Å². The van der Waals surface area contributed by atoms with Crippen molar-refractivity contribution >= 4 is 0 Å². The van der Waals surface area contributed by atoms with Crippen molar-refractivity contribution in [2.75, 3.05) is 19.7 Å². The summed E-state index contributed by atoms with van der Waals surface area (Å²) in [7, 11) is 0. The molecular formula is C16H26N2O. The molecule has 0 saturated heterocycles. The summed E-state index contributed by atoms with van der Waals surface area (Å²) >= 11 is 0. The minimum atomic E-state index is 0.265. The van der Waals surface area contributed by atoms with Gasteiger partial charge in [0.1, 0.15) is 0 Å². The van der Waals surface area contributed by atoms with Crippen molar-refractivity contribution in [3.63, 3.8) is 0 Å². The van der Waals surface area contributed by atoms with E-state index in [-0.39, 0.29) is 6.61 Å². The average molecular weight is 262 g/mol. The number of rotatable bonds is 6. The van der Waals surface area contributed by atoms with E-state index >= 15 is 0 Å². The van der Waals surface area contributed by atoms with Crippen LogP contribution in [0.3, 0.4) is 0 Å². The molecule has 2 N–H and O–H groups in total. The summed E-state index contributed by atoms with van der Waals surface area (Å²) < 4.78 is 0. The van der Waals surface area contributed by atoms with Crippen LogP contribution in [0.25, 0.3) is 0 Å². The Morgan fingerprint density at radius 3 is 2.95 bits per heavy atom. The molecule has 0 radical (unpaired) electrons. The van der Waals surface area contributed by atoms with Crippen molar-refractivity contribution in [3.05, 3.63) is 34.9 Å². The maximum Gasteiger partial charge on any atom is 0.0443 e. The summed E-state index contributed by atoms with van der Waals surface area (Å²) in [4.78, 5) is 2.53. The fourth-order valence-corrected chi connectivity index (χ4v) is 2.82. The summed E-state index contributed by atoms with van der Waals surface area (Å²) in [5.41, 5.74) is 4.35. The van der Waals surface area contributed by atoms with Gasteiger partial charge in [-0.3, -0.25) is 4.90 Å². The van der Waals surface area contributed by atoms with E-state index in [4.69, 9.17) is 5.11 Å². The minimum Gasteiger partial charge on any atom is -0.396 e. The smallest absolute Gasteiger partial charge is 0.0443 e. The van der Waals surface area contributed by atoms with Crippen LogP contribution in [0.15, 0.2) is 18.2 Å². The largest absolute Gasteiger partial charge is 0.396 e. The zero-order valence-electron chi connectivity index (χ0n) is 12.2. The van der Waals surface area contributed by atoms with Crippen LogP contribution in [0.2, 0.25) is 0 Å². The predicted molar refractivity (Wildman–Crippen MR) is 79.1 cm³/mol. The van der Waals surface area contributed by atoms with Gasteiger partial charge in [-0.2, -0.15) is 0 Å². The van der Waals surface area contributed by atoms with Crippen molar-refractivity contribution in [1.82, 2.24) is 10.2 Å². The monoisotopic (exact) mass is 262 g/mol. The number of aliphatic hydroxyl groups is 1. The van der Waals surface area contributed by atoms with Crippen molar-refractivity contribution in [1.29, 1.82) is 0 Å². The van der Waals surface area contributed by atoms with E-state index in [0.29, 0.717) is 6.04 Å². The molecule has 0 amide bonds. The SMILES string of the molecule is CCN1Cc2ccc(CNCCCO)cc2CC1C. The zero-order valence-corrected chi connectivity index (χ0v) is 12.2. The normalized spacial score (nSPS) is 19.4. The van der Waals surface area contributed by atoms with E-state index < -0.39 is 0 Å². The number of nitrogens with one attached hydrogen (secondary N) is 1. The van der Waals surface area contributed by atoms with Crippen LogP contribution in [0, 0.1) is 0 Å². The molecule has 1 aliphatic heterocycles. The highest BCUT2D eigenvalue weighted by molar-refractivity contribution is 5.34. The number of fused-ring (bicyclic) bond motifs is 1. The van der Waals surface area contributed by atoms with Gasteiger partial charge in [-0.1, -0.05) is 25.1 Å². The molecule has 1 unspecified atom stereocenters. The lowest BCUT2D eigenvalue weighted by Gasteiger charge is -2.34. The molecule has 2 rings (SSSR count). The van der Waals surface area contributed by atoms with E-state index in [2.05, 4.69) is 42.3 Å². The number of hydrogen-bond acceptors (Lipinski definition) is 3. The molecule has 1 aromatic rings. The lowest BCUT2D eigenvalue weighted by atomic mass is 9.93. The number of aliphatic hydroxyl groups excluding tert-OH is 1. The van der Waals surface area contributed by atoms with E-state index in [1.165, 1.54) is 16.7 Å². The first-order chi connectivity index (χ1) is 9.24. The van der Waals surface area contributed by atoms with Crippen LogP contribution in [0.1, 0.15) is 37.0 Å². The first-order valence-corrected chi connectivity index (χ1v) is 7.41. The van der Waals surface area contributed by atoms with E-state index in [9.17, 15) is 0 Å². The number of likely N-dealkylation sites (N-methyl/N-ethyl adjacent to an activating group) is 1. The van der Waals surface area contributed by atoms with Gasteiger partial charge < -0.3 is 10.4 Å². The molecule has 1 heterocycles. The Balaban J connectivity index is 1.98. The molecule has 3 nitrogen and oxygen atoms in total. The molecule has 0 spiro atoms. The molecule has 0 fully saturated rings. The zero-order chi connectivity index (χ0) is 13.7. The van der Waals surface area contributed by atoms with E-state index in [1.807, 2.05) is 0 Å². The third kappa shape index (κ3) is 3.78. The molecule has 0 saturated carbocycles. The van der Waals surface area contributed by atoms with Crippen LogP contribution in [0.5, 0.6) is 0 Å². The maximum absolute atomic E-state index is 8.75. The first-order valence-electron chi connectivity index (χ1n) is 7.41. The third-order valence-corrected chi connectivity index (χ3v) is 4.03. The van der Waals surface area contributed by atoms with Crippen LogP contribution >= 0.6 is 0 Å². The fraction of sp³-hybridized carbons (Fsp3) is 0.625. The third-order valence-electron chi connectivity index (χ3n) is 4.03. The highest BCUT2D eigenvalue weighted by atomic mass is 16.3. The Kier molecular flexibility index (Phi) is 5.37. The molecule has 19 heavy (non-hydrogen) atoms. The van der Waals surface area contributed by atoms with Crippen molar-refractivity contribution in [2.24, 2.45) is 0 Å². The van der Waals surface area contributed by atoms with Gasteiger partial charge in [-0.15, -0.1) is 0 Å². The van der Waals surface area contributed by atoms with Crippen molar-refractivity contribution < 1.29 is 5.11 Å². The minimum absolute atomic E-state index is 0.265. The fourth-order valence-electron chi connectivity index (χ4n) is 2.82. The van der Waals surface area contributed by atoms with Gasteiger partial charge in [-0.25, -0.2) is 0 Å². The topological polar surface area (TPSA) is 35.5 Å². The molecule has 106 valence electrons. The van der Waals surface area contributed by atoms with Gasteiger partial charge >= 0.3 is 0 Å². The van der Waals surface area contributed by atoms with Gasteiger partial charge in [0.05, 0.1) is 0 Å². The predicted octanol–water partition coefficient (Wildman–Crippen LogP) is 1.93. The second-order valence-electron chi connectivity index (χ2n) is 5.47. The van der Waals surface area contributed by atoms with Crippen LogP contribution in [-0.2, 0) is 19.5 Å². The Hall–Kier alpha value is -0.900. The summed E-state index contributed by atoms with van der Waals surface area (Å²) in [6, 6.07) is 7.52. The number of hydrogen-bond donors (Lipinski definition) is 2. The summed E-state index contributed by atoms with van der Waals surface area (Å²) in [5, 5.41) is 12.1. The highest BCUT2D eigenvalue weighted by Crippen LogP contribution is 2.24. The van der Waals surface area contributed by atoms with Crippen molar-refractivity contribution in [3.8, 4) is 0 Å². The number of nitrogens with zero attached hydrogens (tertiary/aromatic N) is 1. The summed E-state index contributed by atoms with van der Waals surface area (Å²) in [6.45, 7) is 8.82. The lowest BCUT2D eigenvalue weighted by molar-refractivity contribution is 0.194. The standard InChI is InChI=1S/C16H26N2O/c1-3-18-12-15-6-5-14(11-17-7-4-8-19)10-16(15)9-13(18)2/h5-6,10,13,17,19H,3-4,7-9,11-12H2,1-2H3. The first kappa shape index (κ1) is 14.5. The van der Waals surface area contributed by atoms with Crippen LogP contribution < -0.4 is 5.32 Å². The Morgan fingerprint density at radius 2 is 2.21 bits per heavy atom. The molecule has 1 aromatic carbocycles. The van der Waals surface area contributed by atoms with E-state index in [1.54, 1.807) is 0 Å². The van der Waals surface area contributed by atoms with Gasteiger partial charge in [-0.05, 0) is 49.5 Å². The average Bonchev–Trinajstić information content (AvgIpc) is 2.42. The molecule has 1 atom stereocenters. The van der Waals surface area contributed by atoms with Gasteiger partial charge in [0, 0.05) is 25.7 Å². The summed E-state index contributed by atoms with van der Waals surface area (Å²) in [5.74, 6) is 0. The molecule has 1 aliphatic rings. The van der Waals surface area contributed by atoms with Crippen molar-refractivity contribution in [2.45, 2.75) is 45.8 Å². The lowest BCUT2D eigenvalue weighted by Crippen LogP contribution is -2.38. The van der Waals surface area contributed by atoms with Crippen LogP contribution in [-0.4, -0.2) is 35.7 Å². The van der Waals surface area contributed by atoms with Gasteiger partial charge in [0.2, 0.25) is 0 Å². The second kappa shape index (κ2) is 7.04. The quantitative estimate of drug-likeness (QED) is 0.769. The Bertz CT molecular complexity index is 406. The molecule has 0 aromatic heterocycles.